The van der Waals surface area contributed by atoms with Gasteiger partial charge in [0.05, 0.1) is 5.56 Å². The summed E-state index contributed by atoms with van der Waals surface area (Å²) in [4.78, 5) is 27.4. The lowest BCUT2D eigenvalue weighted by atomic mass is 10.2. The van der Waals surface area contributed by atoms with Crippen LogP contribution in [0.3, 0.4) is 0 Å². The van der Waals surface area contributed by atoms with E-state index in [9.17, 15) is 9.59 Å². The van der Waals surface area contributed by atoms with Crippen molar-refractivity contribution in [2.75, 3.05) is 24.4 Å². The van der Waals surface area contributed by atoms with Crippen molar-refractivity contribution in [3.8, 4) is 0 Å². The highest BCUT2D eigenvalue weighted by Crippen LogP contribution is 2.15. The second kappa shape index (κ2) is 7.67. The lowest BCUT2D eigenvalue weighted by Crippen LogP contribution is -2.17. The van der Waals surface area contributed by atoms with Crippen molar-refractivity contribution in [3.05, 3.63) is 52.8 Å². The number of rotatable bonds is 5. The van der Waals surface area contributed by atoms with Gasteiger partial charge in [-0.3, -0.25) is 14.6 Å². The fourth-order valence-electron chi connectivity index (χ4n) is 1.70. The number of carbonyl (C=O) groups is 2. The molecule has 0 saturated heterocycles. The minimum Gasteiger partial charge on any atom is -0.375 e. The molecule has 7 heteroatoms. The Kier molecular flexibility index (Phi) is 5.62. The predicted octanol–water partition coefficient (Wildman–Crippen LogP) is 2.68. The molecular formula is C15H14BrN3O3. The molecule has 114 valence electrons. The summed E-state index contributed by atoms with van der Waals surface area (Å²) in [6.07, 6.45) is 3.09. The molecule has 0 unspecified atom stereocenters. The molecule has 0 radical (unpaired) electrons. The van der Waals surface area contributed by atoms with Crippen LogP contribution in [0.25, 0.3) is 0 Å². The van der Waals surface area contributed by atoms with Crippen LogP contribution in [0.15, 0.2) is 47.2 Å². The number of hydrogen-bond donors (Lipinski definition) is 2. The van der Waals surface area contributed by atoms with Crippen LogP contribution >= 0.6 is 15.9 Å². The quantitative estimate of drug-likeness (QED) is 0.855. The average molecular weight is 364 g/mol. The Bertz CT molecular complexity index is 674. The van der Waals surface area contributed by atoms with E-state index in [1.54, 1.807) is 36.5 Å². The molecule has 1 aromatic heterocycles. The van der Waals surface area contributed by atoms with Gasteiger partial charge in [-0.1, -0.05) is 0 Å². The van der Waals surface area contributed by atoms with Crippen LogP contribution in [0.2, 0.25) is 0 Å². The number of aromatic nitrogens is 1. The first-order valence-corrected chi connectivity index (χ1v) is 7.18. The molecule has 22 heavy (non-hydrogen) atoms. The maximum Gasteiger partial charge on any atom is 0.257 e. The van der Waals surface area contributed by atoms with Gasteiger partial charge in [0.1, 0.15) is 6.61 Å². The van der Waals surface area contributed by atoms with E-state index in [4.69, 9.17) is 4.74 Å². The molecule has 0 aliphatic carbocycles. The van der Waals surface area contributed by atoms with Crippen molar-refractivity contribution < 1.29 is 14.3 Å². The molecule has 1 heterocycles. The first-order valence-electron chi connectivity index (χ1n) is 6.39. The van der Waals surface area contributed by atoms with Crippen LogP contribution in [-0.2, 0) is 9.53 Å². The number of pyridine rings is 1. The lowest BCUT2D eigenvalue weighted by molar-refractivity contribution is -0.119. The van der Waals surface area contributed by atoms with Crippen molar-refractivity contribution >= 4 is 39.1 Å². The molecule has 2 amide bonds. The number of nitrogens with one attached hydrogen (secondary N) is 2. The van der Waals surface area contributed by atoms with Crippen molar-refractivity contribution in [2.24, 2.45) is 0 Å². The molecule has 1 aromatic carbocycles. The van der Waals surface area contributed by atoms with E-state index in [-0.39, 0.29) is 18.4 Å². The normalized spacial score (nSPS) is 10.1. The Morgan fingerprint density at radius 2 is 1.77 bits per heavy atom. The van der Waals surface area contributed by atoms with Gasteiger partial charge >= 0.3 is 0 Å². The maximum atomic E-state index is 12.1. The van der Waals surface area contributed by atoms with E-state index in [0.717, 1.165) is 4.47 Å². The number of methoxy groups -OCH3 is 1. The zero-order valence-electron chi connectivity index (χ0n) is 11.8. The van der Waals surface area contributed by atoms with Gasteiger partial charge in [-0.15, -0.1) is 0 Å². The molecular weight excluding hydrogens is 350 g/mol. The van der Waals surface area contributed by atoms with E-state index in [2.05, 4.69) is 31.5 Å². The Hall–Kier alpha value is -2.25. The molecule has 6 nitrogen and oxygen atoms in total. The van der Waals surface area contributed by atoms with Gasteiger partial charge in [-0.05, 0) is 46.3 Å². The van der Waals surface area contributed by atoms with E-state index in [0.29, 0.717) is 16.9 Å². The number of hydrogen-bond acceptors (Lipinski definition) is 4. The fourth-order valence-corrected chi connectivity index (χ4v) is 2.07. The highest BCUT2D eigenvalue weighted by atomic mass is 79.9. The summed E-state index contributed by atoms with van der Waals surface area (Å²) in [6, 6.07) is 8.48. The zero-order chi connectivity index (χ0) is 15.9. The maximum absolute atomic E-state index is 12.1. The van der Waals surface area contributed by atoms with E-state index in [1.165, 1.54) is 13.3 Å². The van der Waals surface area contributed by atoms with Crippen molar-refractivity contribution in [1.29, 1.82) is 0 Å². The monoisotopic (exact) mass is 363 g/mol. The second-order valence-corrected chi connectivity index (χ2v) is 5.32. The van der Waals surface area contributed by atoms with Crippen molar-refractivity contribution in [2.45, 2.75) is 0 Å². The van der Waals surface area contributed by atoms with Crippen LogP contribution < -0.4 is 10.6 Å². The molecule has 0 atom stereocenters. The second-order valence-electron chi connectivity index (χ2n) is 4.40. The van der Waals surface area contributed by atoms with Crippen molar-refractivity contribution in [3.63, 3.8) is 0 Å². The summed E-state index contributed by atoms with van der Waals surface area (Å²) < 4.78 is 5.46. The molecule has 0 aliphatic rings. The summed E-state index contributed by atoms with van der Waals surface area (Å²) in [5.74, 6) is -0.496. The lowest BCUT2D eigenvalue weighted by Gasteiger charge is -2.08. The van der Waals surface area contributed by atoms with E-state index in [1.807, 2.05) is 0 Å². The van der Waals surface area contributed by atoms with Crippen LogP contribution in [0.1, 0.15) is 10.4 Å². The van der Waals surface area contributed by atoms with E-state index < -0.39 is 0 Å². The number of carbonyl (C=O) groups excluding carboxylic acids is 2. The number of amides is 2. The zero-order valence-corrected chi connectivity index (χ0v) is 13.4. The SMILES string of the molecule is COCC(=O)Nc1ccc(NC(=O)c2cncc(Br)c2)cc1. The summed E-state index contributed by atoms with van der Waals surface area (Å²) in [7, 11) is 1.45. The van der Waals surface area contributed by atoms with Gasteiger partial charge in [0.2, 0.25) is 5.91 Å². The molecule has 2 N–H and O–H groups in total. The summed E-state index contributed by atoms with van der Waals surface area (Å²) in [6.45, 7) is -0.00558. The molecule has 0 aliphatic heterocycles. The van der Waals surface area contributed by atoms with Gasteiger partial charge in [-0.25, -0.2) is 0 Å². The largest absolute Gasteiger partial charge is 0.375 e. The Morgan fingerprint density at radius 3 is 2.36 bits per heavy atom. The van der Waals surface area contributed by atoms with Gasteiger partial charge in [0.25, 0.3) is 5.91 Å². The van der Waals surface area contributed by atoms with Gasteiger partial charge in [0.15, 0.2) is 0 Å². The highest BCUT2D eigenvalue weighted by molar-refractivity contribution is 9.10. The summed E-state index contributed by atoms with van der Waals surface area (Å²) >= 11 is 3.27. The summed E-state index contributed by atoms with van der Waals surface area (Å²) in [5.41, 5.74) is 1.70. The molecule has 0 spiro atoms. The first-order chi connectivity index (χ1) is 10.6. The molecule has 2 aromatic rings. The highest BCUT2D eigenvalue weighted by Gasteiger charge is 2.07. The molecule has 0 saturated carbocycles. The van der Waals surface area contributed by atoms with Crippen LogP contribution in [0, 0.1) is 0 Å². The first kappa shape index (κ1) is 16.1. The molecule has 0 bridgehead atoms. The Labute approximate surface area is 136 Å². The number of nitrogens with zero attached hydrogens (tertiary/aromatic N) is 1. The standard InChI is InChI=1S/C15H14BrN3O3/c1-22-9-14(20)18-12-2-4-13(5-3-12)19-15(21)10-6-11(16)8-17-7-10/h2-8H,9H2,1H3,(H,18,20)(H,19,21). The van der Waals surface area contributed by atoms with Crippen LogP contribution in [0.5, 0.6) is 0 Å². The third kappa shape index (κ3) is 4.64. The summed E-state index contributed by atoms with van der Waals surface area (Å²) in [5, 5.41) is 5.42. The minimum atomic E-state index is -0.259. The smallest absolute Gasteiger partial charge is 0.257 e. The van der Waals surface area contributed by atoms with Gasteiger partial charge in [0, 0.05) is 35.4 Å². The molecule has 0 fully saturated rings. The third-order valence-corrected chi connectivity index (χ3v) is 3.10. The van der Waals surface area contributed by atoms with Crippen LogP contribution in [0.4, 0.5) is 11.4 Å². The van der Waals surface area contributed by atoms with E-state index >= 15 is 0 Å². The third-order valence-electron chi connectivity index (χ3n) is 2.67. The Morgan fingerprint density at radius 1 is 1.14 bits per heavy atom. The minimum absolute atomic E-state index is 0.00558. The van der Waals surface area contributed by atoms with Crippen molar-refractivity contribution in [1.82, 2.24) is 4.98 Å². The number of anilines is 2. The number of benzene rings is 1. The molecule has 2 rings (SSSR count). The number of halogens is 1. The van der Waals surface area contributed by atoms with Gasteiger partial charge < -0.3 is 15.4 Å². The van der Waals surface area contributed by atoms with Gasteiger partial charge in [-0.2, -0.15) is 0 Å². The number of ether oxygens (including phenoxy) is 1. The van der Waals surface area contributed by atoms with Crippen LogP contribution in [-0.4, -0.2) is 30.5 Å². The Balaban J connectivity index is 1.99. The topological polar surface area (TPSA) is 80.3 Å². The average Bonchev–Trinajstić information content (AvgIpc) is 2.49. The predicted molar refractivity (Wildman–Crippen MR) is 86.8 cm³/mol. The fraction of sp³-hybridized carbons (Fsp3) is 0.133.